The van der Waals surface area contributed by atoms with Gasteiger partial charge in [0.05, 0.1) is 0 Å². The van der Waals surface area contributed by atoms with E-state index in [0.717, 1.165) is 24.8 Å². The molecular formula is C23H29FN2O3. The van der Waals surface area contributed by atoms with E-state index in [1.807, 2.05) is 18.2 Å². The van der Waals surface area contributed by atoms with Gasteiger partial charge in [0.2, 0.25) is 5.91 Å². The fourth-order valence-corrected chi connectivity index (χ4v) is 2.85. The monoisotopic (exact) mass is 400 g/mol. The maximum atomic E-state index is 13.2. The number of carbonyl (C=O) groups excluding carboxylic acids is 2. The average molecular weight is 400 g/mol. The number of benzene rings is 2. The number of halogens is 1. The van der Waals surface area contributed by atoms with E-state index in [9.17, 15) is 14.0 Å². The molecule has 0 aliphatic rings. The molecule has 29 heavy (non-hydrogen) atoms. The van der Waals surface area contributed by atoms with Gasteiger partial charge in [-0.3, -0.25) is 9.59 Å². The molecule has 156 valence electrons. The van der Waals surface area contributed by atoms with Crippen LogP contribution < -0.4 is 10.1 Å². The Labute approximate surface area is 171 Å². The lowest BCUT2D eigenvalue weighted by Gasteiger charge is -2.28. The summed E-state index contributed by atoms with van der Waals surface area (Å²) in [6.07, 6.45) is 3.01. The highest BCUT2D eigenvalue weighted by atomic mass is 19.1. The van der Waals surface area contributed by atoms with Crippen molar-refractivity contribution in [3.8, 4) is 5.75 Å². The van der Waals surface area contributed by atoms with Crippen molar-refractivity contribution >= 4 is 11.8 Å². The molecule has 0 aromatic heterocycles. The minimum atomic E-state index is -0.673. The summed E-state index contributed by atoms with van der Waals surface area (Å²) in [4.78, 5) is 26.9. The Kier molecular flexibility index (Phi) is 9.15. The molecule has 2 aromatic rings. The third kappa shape index (κ3) is 7.56. The van der Waals surface area contributed by atoms with E-state index in [2.05, 4.69) is 12.2 Å². The molecule has 2 aromatic carbocycles. The van der Waals surface area contributed by atoms with Crippen LogP contribution >= 0.6 is 0 Å². The second-order valence-corrected chi connectivity index (χ2v) is 6.92. The largest absolute Gasteiger partial charge is 0.484 e. The Morgan fingerprint density at radius 2 is 1.76 bits per heavy atom. The van der Waals surface area contributed by atoms with Gasteiger partial charge in [0, 0.05) is 13.1 Å². The molecule has 2 amide bonds. The summed E-state index contributed by atoms with van der Waals surface area (Å²) in [5.74, 6) is -0.286. The smallest absolute Gasteiger partial charge is 0.261 e. The number of hydrogen-bond acceptors (Lipinski definition) is 3. The molecule has 0 aliphatic carbocycles. The van der Waals surface area contributed by atoms with Crippen molar-refractivity contribution < 1.29 is 18.7 Å². The predicted octanol–water partition coefficient (Wildman–Crippen LogP) is 3.93. The number of para-hydroxylation sites is 1. The van der Waals surface area contributed by atoms with Gasteiger partial charge in [-0.05, 0) is 43.2 Å². The summed E-state index contributed by atoms with van der Waals surface area (Å²) in [7, 11) is 0. The highest BCUT2D eigenvalue weighted by Gasteiger charge is 2.26. The predicted molar refractivity (Wildman–Crippen MR) is 111 cm³/mol. The molecule has 1 atom stereocenters. The molecule has 0 fully saturated rings. The SMILES string of the molecule is CCCCCNC(=O)C(C)N(Cc1ccc(F)cc1)C(=O)COc1ccccc1. The summed E-state index contributed by atoms with van der Waals surface area (Å²) >= 11 is 0. The van der Waals surface area contributed by atoms with Crippen molar-refractivity contribution in [2.75, 3.05) is 13.2 Å². The maximum absolute atomic E-state index is 13.2. The van der Waals surface area contributed by atoms with Gasteiger partial charge in [0.1, 0.15) is 17.6 Å². The van der Waals surface area contributed by atoms with Crippen LogP contribution in [0.4, 0.5) is 4.39 Å². The summed E-state index contributed by atoms with van der Waals surface area (Å²) in [6.45, 7) is 4.38. The van der Waals surface area contributed by atoms with Crippen molar-refractivity contribution in [1.82, 2.24) is 10.2 Å². The van der Waals surface area contributed by atoms with Gasteiger partial charge < -0.3 is 15.0 Å². The van der Waals surface area contributed by atoms with Gasteiger partial charge in [0.25, 0.3) is 5.91 Å². The standard InChI is InChI=1S/C23H29FN2O3/c1-3-4-8-15-25-23(28)18(2)26(16-19-11-13-20(24)14-12-19)22(27)17-29-21-9-6-5-7-10-21/h5-7,9-14,18H,3-4,8,15-17H2,1-2H3,(H,25,28). The summed E-state index contributed by atoms with van der Waals surface area (Å²) in [5, 5.41) is 2.89. The fraction of sp³-hybridized carbons (Fsp3) is 0.391. The van der Waals surface area contributed by atoms with Crippen LogP contribution in [-0.2, 0) is 16.1 Å². The minimum Gasteiger partial charge on any atom is -0.484 e. The van der Waals surface area contributed by atoms with Gasteiger partial charge in [-0.2, -0.15) is 0 Å². The van der Waals surface area contributed by atoms with Crippen molar-refractivity contribution in [1.29, 1.82) is 0 Å². The number of unbranched alkanes of at least 4 members (excludes halogenated alkanes) is 2. The molecule has 0 saturated carbocycles. The molecule has 0 radical (unpaired) electrons. The molecule has 1 unspecified atom stereocenters. The molecule has 2 rings (SSSR count). The first-order valence-electron chi connectivity index (χ1n) is 10.0. The zero-order chi connectivity index (χ0) is 21.1. The summed E-state index contributed by atoms with van der Waals surface area (Å²) in [6, 6.07) is 14.3. The van der Waals surface area contributed by atoms with Crippen LogP contribution in [0, 0.1) is 5.82 Å². The molecular weight excluding hydrogens is 371 g/mol. The summed E-state index contributed by atoms with van der Waals surface area (Å²) in [5.41, 5.74) is 0.741. The van der Waals surface area contributed by atoms with Crippen molar-refractivity contribution in [3.63, 3.8) is 0 Å². The molecule has 6 heteroatoms. The Morgan fingerprint density at radius 3 is 2.41 bits per heavy atom. The number of nitrogens with zero attached hydrogens (tertiary/aromatic N) is 1. The number of amides is 2. The van der Waals surface area contributed by atoms with Crippen LogP contribution in [0.25, 0.3) is 0 Å². The van der Waals surface area contributed by atoms with Crippen LogP contribution in [0.2, 0.25) is 0 Å². The molecule has 0 saturated heterocycles. The van der Waals surface area contributed by atoms with E-state index >= 15 is 0 Å². The lowest BCUT2D eigenvalue weighted by molar-refractivity contribution is -0.142. The van der Waals surface area contributed by atoms with E-state index < -0.39 is 6.04 Å². The first-order valence-corrected chi connectivity index (χ1v) is 10.0. The van der Waals surface area contributed by atoms with Crippen molar-refractivity contribution in [2.45, 2.75) is 45.7 Å². The van der Waals surface area contributed by atoms with Crippen LogP contribution in [0.3, 0.4) is 0 Å². The fourth-order valence-electron chi connectivity index (χ4n) is 2.85. The number of ether oxygens (including phenoxy) is 1. The Bertz CT molecular complexity index is 765. The Morgan fingerprint density at radius 1 is 1.07 bits per heavy atom. The van der Waals surface area contributed by atoms with E-state index in [-0.39, 0.29) is 30.8 Å². The topological polar surface area (TPSA) is 58.6 Å². The maximum Gasteiger partial charge on any atom is 0.261 e. The number of rotatable bonds is 11. The Hall–Kier alpha value is -2.89. The summed E-state index contributed by atoms with van der Waals surface area (Å²) < 4.78 is 18.8. The quantitative estimate of drug-likeness (QED) is 0.582. The van der Waals surface area contributed by atoms with Crippen LogP contribution in [0.1, 0.15) is 38.7 Å². The zero-order valence-corrected chi connectivity index (χ0v) is 17.1. The van der Waals surface area contributed by atoms with Gasteiger partial charge >= 0.3 is 0 Å². The second kappa shape index (κ2) is 11.8. The second-order valence-electron chi connectivity index (χ2n) is 6.92. The van der Waals surface area contributed by atoms with E-state index in [1.54, 1.807) is 31.2 Å². The van der Waals surface area contributed by atoms with E-state index in [4.69, 9.17) is 4.74 Å². The van der Waals surface area contributed by atoms with Crippen molar-refractivity contribution in [3.05, 3.63) is 66.0 Å². The number of hydrogen-bond donors (Lipinski definition) is 1. The average Bonchev–Trinajstić information content (AvgIpc) is 2.74. The number of carbonyl (C=O) groups is 2. The zero-order valence-electron chi connectivity index (χ0n) is 17.1. The van der Waals surface area contributed by atoms with Gasteiger partial charge in [-0.25, -0.2) is 4.39 Å². The van der Waals surface area contributed by atoms with E-state index in [1.165, 1.54) is 17.0 Å². The first-order chi connectivity index (χ1) is 14.0. The lowest BCUT2D eigenvalue weighted by atomic mass is 10.1. The molecule has 0 aliphatic heterocycles. The van der Waals surface area contributed by atoms with Crippen LogP contribution in [-0.4, -0.2) is 35.9 Å². The molecule has 0 heterocycles. The third-order valence-corrected chi connectivity index (χ3v) is 4.62. The van der Waals surface area contributed by atoms with Gasteiger partial charge in [-0.15, -0.1) is 0 Å². The molecule has 1 N–H and O–H groups in total. The normalized spacial score (nSPS) is 11.6. The van der Waals surface area contributed by atoms with Crippen LogP contribution in [0.15, 0.2) is 54.6 Å². The van der Waals surface area contributed by atoms with Crippen LogP contribution in [0.5, 0.6) is 5.75 Å². The molecule has 0 bridgehead atoms. The highest BCUT2D eigenvalue weighted by Crippen LogP contribution is 2.13. The molecule has 0 spiro atoms. The van der Waals surface area contributed by atoms with E-state index in [0.29, 0.717) is 12.3 Å². The van der Waals surface area contributed by atoms with Gasteiger partial charge in [-0.1, -0.05) is 50.1 Å². The molecule has 5 nitrogen and oxygen atoms in total. The highest BCUT2D eigenvalue weighted by molar-refractivity contribution is 5.87. The van der Waals surface area contributed by atoms with Crippen molar-refractivity contribution in [2.24, 2.45) is 0 Å². The number of nitrogens with one attached hydrogen (secondary N) is 1. The Balaban J connectivity index is 2.05. The third-order valence-electron chi connectivity index (χ3n) is 4.62. The minimum absolute atomic E-state index is 0.182. The van der Waals surface area contributed by atoms with Gasteiger partial charge in [0.15, 0.2) is 6.61 Å². The lowest BCUT2D eigenvalue weighted by Crippen LogP contribution is -2.49. The first kappa shape index (κ1) is 22.4.